The van der Waals surface area contributed by atoms with Crippen LogP contribution in [0.15, 0.2) is 18.2 Å². The molecule has 0 bridgehead atoms. The first-order chi connectivity index (χ1) is 9.71. The Hall–Kier alpha value is -1.35. The van der Waals surface area contributed by atoms with E-state index in [-0.39, 0.29) is 5.41 Å². The molecule has 0 unspecified atom stereocenters. The monoisotopic (exact) mass is 269 g/mol. The van der Waals surface area contributed by atoms with Crippen molar-refractivity contribution in [3.8, 4) is 0 Å². The average molecular weight is 269 g/mol. The van der Waals surface area contributed by atoms with Crippen LogP contribution in [0.5, 0.6) is 0 Å². The van der Waals surface area contributed by atoms with Crippen molar-refractivity contribution in [1.82, 2.24) is 9.55 Å². The average Bonchev–Trinajstić information content (AvgIpc) is 3.08. The van der Waals surface area contributed by atoms with Crippen molar-refractivity contribution in [1.29, 1.82) is 0 Å². The fourth-order valence-electron chi connectivity index (χ4n) is 3.78. The fourth-order valence-corrected chi connectivity index (χ4v) is 3.78. The van der Waals surface area contributed by atoms with E-state index in [2.05, 4.69) is 29.7 Å². The van der Waals surface area contributed by atoms with E-state index in [0.717, 1.165) is 5.52 Å². The summed E-state index contributed by atoms with van der Waals surface area (Å²) in [5.41, 5.74) is 9.69. The molecule has 0 radical (unpaired) electrons. The molecule has 0 aliphatic heterocycles. The predicted octanol–water partition coefficient (Wildman–Crippen LogP) is 3.66. The van der Waals surface area contributed by atoms with Crippen molar-refractivity contribution in [3.63, 3.8) is 0 Å². The van der Waals surface area contributed by atoms with Gasteiger partial charge in [-0.3, -0.25) is 0 Å². The Bertz CT molecular complexity index is 646. The fraction of sp³-hybridized carbons (Fsp3) is 0.588. The lowest BCUT2D eigenvalue weighted by atomic mass is 9.88. The number of fused-ring (bicyclic) bond motifs is 1. The highest BCUT2D eigenvalue weighted by molar-refractivity contribution is 5.77. The van der Waals surface area contributed by atoms with Crippen LogP contribution in [0, 0.1) is 0 Å². The van der Waals surface area contributed by atoms with Gasteiger partial charge in [-0.15, -0.1) is 0 Å². The van der Waals surface area contributed by atoms with Crippen molar-refractivity contribution in [2.45, 2.75) is 63.5 Å². The largest absolute Gasteiger partial charge is 0.326 e. The second-order valence-electron chi connectivity index (χ2n) is 6.83. The normalized spacial score (nSPS) is 21.7. The van der Waals surface area contributed by atoms with Crippen LogP contribution in [0.2, 0.25) is 0 Å². The first-order valence-electron chi connectivity index (χ1n) is 7.93. The Kier molecular flexibility index (Phi) is 2.68. The zero-order valence-electron chi connectivity index (χ0n) is 12.2. The zero-order valence-corrected chi connectivity index (χ0v) is 12.2. The number of nitrogens with zero attached hydrogens (tertiary/aromatic N) is 2. The molecule has 3 nitrogen and oxygen atoms in total. The summed E-state index contributed by atoms with van der Waals surface area (Å²) in [6, 6.07) is 7.25. The van der Waals surface area contributed by atoms with Crippen LogP contribution in [0.4, 0.5) is 0 Å². The molecular formula is C17H23N3. The number of aromatic nitrogens is 2. The Balaban J connectivity index is 1.92. The molecule has 106 valence electrons. The lowest BCUT2D eigenvalue weighted by molar-refractivity contribution is 0.435. The lowest BCUT2D eigenvalue weighted by Crippen LogP contribution is -2.22. The van der Waals surface area contributed by atoms with E-state index in [1.165, 1.54) is 55.4 Å². The third-order valence-electron chi connectivity index (χ3n) is 5.15. The molecule has 1 heterocycles. The Morgan fingerprint density at radius 1 is 1.30 bits per heavy atom. The van der Waals surface area contributed by atoms with E-state index in [0.29, 0.717) is 12.6 Å². The van der Waals surface area contributed by atoms with Crippen LogP contribution in [-0.2, 0) is 12.0 Å². The minimum absolute atomic E-state index is 0.282. The summed E-state index contributed by atoms with van der Waals surface area (Å²) in [7, 11) is 0. The number of nitrogens with two attached hydrogens (primary N) is 1. The number of hydrogen-bond acceptors (Lipinski definition) is 2. The molecule has 1 aromatic heterocycles. The molecule has 0 saturated heterocycles. The van der Waals surface area contributed by atoms with Gasteiger partial charge < -0.3 is 10.3 Å². The summed E-state index contributed by atoms with van der Waals surface area (Å²) in [6.45, 7) is 3.00. The molecule has 2 aliphatic carbocycles. The molecule has 20 heavy (non-hydrogen) atoms. The van der Waals surface area contributed by atoms with Gasteiger partial charge in [0.25, 0.3) is 0 Å². The van der Waals surface area contributed by atoms with Crippen LogP contribution in [0.3, 0.4) is 0 Å². The Morgan fingerprint density at radius 2 is 2.05 bits per heavy atom. The van der Waals surface area contributed by atoms with Crippen molar-refractivity contribution >= 4 is 11.0 Å². The SMILES string of the molecule is CC1(c2nc3cc(CN)ccc3n2C2CC2)CCCC1. The van der Waals surface area contributed by atoms with Crippen molar-refractivity contribution < 1.29 is 0 Å². The van der Waals surface area contributed by atoms with Crippen molar-refractivity contribution in [2.24, 2.45) is 5.73 Å². The highest BCUT2D eigenvalue weighted by Gasteiger charge is 2.39. The minimum Gasteiger partial charge on any atom is -0.326 e. The molecule has 2 N–H and O–H groups in total. The standard InChI is InChI=1S/C17H23N3/c1-17(8-2-3-9-17)16-19-14-10-12(11-18)4-7-15(14)20(16)13-5-6-13/h4,7,10,13H,2-3,5-6,8-9,11,18H2,1H3. The van der Waals surface area contributed by atoms with Crippen molar-refractivity contribution in [3.05, 3.63) is 29.6 Å². The van der Waals surface area contributed by atoms with Gasteiger partial charge in [-0.1, -0.05) is 25.8 Å². The molecular weight excluding hydrogens is 246 g/mol. The van der Waals surface area contributed by atoms with E-state index in [4.69, 9.17) is 10.7 Å². The van der Waals surface area contributed by atoms with Gasteiger partial charge in [-0.05, 0) is 43.4 Å². The molecule has 0 spiro atoms. The van der Waals surface area contributed by atoms with Crippen LogP contribution in [-0.4, -0.2) is 9.55 Å². The highest BCUT2D eigenvalue weighted by Crippen LogP contribution is 2.46. The molecule has 1 aromatic carbocycles. The van der Waals surface area contributed by atoms with Gasteiger partial charge in [0.15, 0.2) is 0 Å². The first-order valence-corrected chi connectivity index (χ1v) is 7.93. The number of benzene rings is 1. The van der Waals surface area contributed by atoms with E-state index >= 15 is 0 Å². The molecule has 4 rings (SSSR count). The lowest BCUT2D eigenvalue weighted by Gasteiger charge is -2.24. The van der Waals surface area contributed by atoms with Crippen LogP contribution in [0.25, 0.3) is 11.0 Å². The Labute approximate surface area is 120 Å². The predicted molar refractivity (Wildman–Crippen MR) is 81.7 cm³/mol. The zero-order chi connectivity index (χ0) is 13.7. The number of imidazole rings is 1. The molecule has 2 saturated carbocycles. The topological polar surface area (TPSA) is 43.8 Å². The van der Waals surface area contributed by atoms with Gasteiger partial charge in [-0.2, -0.15) is 0 Å². The number of rotatable bonds is 3. The van der Waals surface area contributed by atoms with Gasteiger partial charge in [0.05, 0.1) is 11.0 Å². The van der Waals surface area contributed by atoms with Gasteiger partial charge in [-0.25, -0.2) is 4.98 Å². The second kappa shape index (κ2) is 4.32. The quantitative estimate of drug-likeness (QED) is 0.924. The van der Waals surface area contributed by atoms with Crippen LogP contribution < -0.4 is 5.73 Å². The summed E-state index contributed by atoms with van der Waals surface area (Å²) < 4.78 is 2.54. The molecule has 0 atom stereocenters. The summed E-state index contributed by atoms with van der Waals surface area (Å²) in [6.07, 6.45) is 7.89. The first kappa shape index (κ1) is 12.4. The van der Waals surface area contributed by atoms with E-state index in [1.807, 2.05) is 0 Å². The molecule has 2 fully saturated rings. The van der Waals surface area contributed by atoms with Crippen LogP contribution >= 0.6 is 0 Å². The molecule has 0 amide bonds. The van der Waals surface area contributed by atoms with Gasteiger partial charge in [0, 0.05) is 18.0 Å². The van der Waals surface area contributed by atoms with E-state index in [1.54, 1.807) is 0 Å². The smallest absolute Gasteiger partial charge is 0.116 e. The van der Waals surface area contributed by atoms with Gasteiger partial charge in [0.2, 0.25) is 0 Å². The molecule has 2 aromatic rings. The van der Waals surface area contributed by atoms with Gasteiger partial charge >= 0.3 is 0 Å². The third kappa shape index (κ3) is 1.80. The number of hydrogen-bond donors (Lipinski definition) is 1. The summed E-state index contributed by atoms with van der Waals surface area (Å²) in [5.74, 6) is 1.33. The van der Waals surface area contributed by atoms with Crippen molar-refractivity contribution in [2.75, 3.05) is 0 Å². The molecule has 3 heteroatoms. The molecule has 2 aliphatic rings. The second-order valence-corrected chi connectivity index (χ2v) is 6.83. The minimum atomic E-state index is 0.282. The Morgan fingerprint density at radius 3 is 2.70 bits per heavy atom. The van der Waals surface area contributed by atoms with E-state index < -0.39 is 0 Å². The summed E-state index contributed by atoms with van der Waals surface area (Å²) in [4.78, 5) is 5.04. The maximum Gasteiger partial charge on any atom is 0.116 e. The summed E-state index contributed by atoms with van der Waals surface area (Å²) >= 11 is 0. The van der Waals surface area contributed by atoms with E-state index in [9.17, 15) is 0 Å². The third-order valence-corrected chi connectivity index (χ3v) is 5.15. The maximum atomic E-state index is 5.77. The summed E-state index contributed by atoms with van der Waals surface area (Å²) in [5, 5.41) is 0. The van der Waals surface area contributed by atoms with Crippen LogP contribution in [0.1, 0.15) is 62.9 Å². The maximum absolute atomic E-state index is 5.77. The van der Waals surface area contributed by atoms with Gasteiger partial charge in [0.1, 0.15) is 5.82 Å². The highest BCUT2D eigenvalue weighted by atomic mass is 15.1.